The molecule has 0 spiro atoms. The Morgan fingerprint density at radius 3 is 2.42 bits per heavy atom. The summed E-state index contributed by atoms with van der Waals surface area (Å²) in [7, 11) is -3.84. The number of sulfonamides is 1. The number of benzene rings is 2. The van der Waals surface area contributed by atoms with Crippen molar-refractivity contribution in [3.63, 3.8) is 0 Å². The molecule has 1 aliphatic heterocycles. The molecule has 0 saturated carbocycles. The molecule has 6 nitrogen and oxygen atoms in total. The van der Waals surface area contributed by atoms with Gasteiger partial charge < -0.3 is 9.47 Å². The molecule has 3 rings (SSSR count). The lowest BCUT2D eigenvalue weighted by molar-refractivity contribution is 0.0997. The minimum absolute atomic E-state index is 0.00987. The fraction of sp³-hybridized carbons (Fsp3) is 0.188. The normalized spacial score (nSPS) is 13.5. The number of nitrogens with one attached hydrogen (secondary N) is 1. The van der Waals surface area contributed by atoms with Crippen LogP contribution in [0.2, 0.25) is 5.02 Å². The largest absolute Gasteiger partial charge is 0.486 e. The molecule has 1 N–H and O–H groups in total. The van der Waals surface area contributed by atoms with Gasteiger partial charge in [0.05, 0.1) is 11.4 Å². The standard InChI is InChI=1S/C16H14ClNO5S/c17-12-3-1-11(2-4-12)14(19)10-18-24(20,21)13-5-6-15-16(9-13)23-8-7-22-15/h1-6,9,18H,7-8,10H2. The van der Waals surface area contributed by atoms with Gasteiger partial charge in [0.1, 0.15) is 13.2 Å². The summed E-state index contributed by atoms with van der Waals surface area (Å²) in [6, 6.07) is 10.6. The molecule has 1 aliphatic rings. The van der Waals surface area contributed by atoms with Gasteiger partial charge in [0, 0.05) is 16.7 Å². The monoisotopic (exact) mass is 367 g/mol. The zero-order valence-electron chi connectivity index (χ0n) is 12.5. The summed E-state index contributed by atoms with van der Waals surface area (Å²) in [5.41, 5.74) is 0.379. The van der Waals surface area contributed by atoms with Gasteiger partial charge in [-0.25, -0.2) is 13.1 Å². The second-order valence-electron chi connectivity index (χ2n) is 5.06. The van der Waals surface area contributed by atoms with Crippen LogP contribution < -0.4 is 14.2 Å². The van der Waals surface area contributed by atoms with Gasteiger partial charge in [0.2, 0.25) is 10.0 Å². The second kappa shape index (κ2) is 6.80. The molecule has 0 amide bonds. The van der Waals surface area contributed by atoms with Gasteiger partial charge in [0.15, 0.2) is 17.3 Å². The summed E-state index contributed by atoms with van der Waals surface area (Å²) in [4.78, 5) is 12.1. The Morgan fingerprint density at radius 2 is 1.71 bits per heavy atom. The Morgan fingerprint density at radius 1 is 1.04 bits per heavy atom. The van der Waals surface area contributed by atoms with Gasteiger partial charge in [-0.3, -0.25) is 4.79 Å². The first-order valence-electron chi connectivity index (χ1n) is 7.14. The predicted octanol–water partition coefficient (Wildman–Crippen LogP) is 2.27. The molecule has 0 bridgehead atoms. The Bertz CT molecular complexity index is 865. The first-order valence-corrected chi connectivity index (χ1v) is 9.00. The average molecular weight is 368 g/mol. The minimum Gasteiger partial charge on any atom is -0.486 e. The molecule has 2 aromatic rings. The molecular formula is C16H14ClNO5S. The number of Topliss-reactive ketones (excluding diaryl/α,β-unsaturated/α-hetero) is 1. The van der Waals surface area contributed by atoms with E-state index in [4.69, 9.17) is 21.1 Å². The van der Waals surface area contributed by atoms with Crippen molar-refractivity contribution in [1.29, 1.82) is 0 Å². The van der Waals surface area contributed by atoms with Crippen molar-refractivity contribution in [3.8, 4) is 11.5 Å². The van der Waals surface area contributed by atoms with E-state index >= 15 is 0 Å². The van der Waals surface area contributed by atoms with Crippen LogP contribution in [0, 0.1) is 0 Å². The lowest BCUT2D eigenvalue weighted by Gasteiger charge is -2.18. The van der Waals surface area contributed by atoms with Crippen molar-refractivity contribution < 1.29 is 22.7 Å². The number of carbonyl (C=O) groups excluding carboxylic acids is 1. The Labute approximate surface area is 144 Å². The summed E-state index contributed by atoms with van der Waals surface area (Å²) in [5, 5.41) is 0.503. The molecule has 0 atom stereocenters. The maximum absolute atomic E-state index is 12.3. The Hall–Kier alpha value is -2.09. The zero-order valence-corrected chi connectivity index (χ0v) is 14.1. The van der Waals surface area contributed by atoms with Crippen molar-refractivity contribution in [2.24, 2.45) is 0 Å². The van der Waals surface area contributed by atoms with Crippen LogP contribution in [0.5, 0.6) is 11.5 Å². The van der Waals surface area contributed by atoms with Crippen LogP contribution in [0.3, 0.4) is 0 Å². The lowest BCUT2D eigenvalue weighted by Crippen LogP contribution is -2.29. The van der Waals surface area contributed by atoms with Crippen molar-refractivity contribution >= 4 is 27.4 Å². The third kappa shape index (κ3) is 3.69. The topological polar surface area (TPSA) is 81.7 Å². The number of rotatable bonds is 5. The van der Waals surface area contributed by atoms with E-state index in [0.29, 0.717) is 35.3 Å². The fourth-order valence-electron chi connectivity index (χ4n) is 2.17. The summed E-state index contributed by atoms with van der Waals surface area (Å²) in [5.74, 6) is 0.512. The van der Waals surface area contributed by atoms with Gasteiger partial charge in [-0.05, 0) is 36.4 Å². The second-order valence-corrected chi connectivity index (χ2v) is 7.26. The number of ketones is 1. The molecule has 0 aromatic heterocycles. The van der Waals surface area contributed by atoms with Gasteiger partial charge in [-0.2, -0.15) is 0 Å². The maximum Gasteiger partial charge on any atom is 0.241 e. The van der Waals surface area contributed by atoms with E-state index in [0.717, 1.165) is 0 Å². The van der Waals surface area contributed by atoms with E-state index in [1.807, 2.05) is 0 Å². The quantitative estimate of drug-likeness (QED) is 0.820. The summed E-state index contributed by atoms with van der Waals surface area (Å²) in [6.45, 7) is 0.435. The van der Waals surface area contributed by atoms with E-state index in [1.165, 1.54) is 18.2 Å². The number of ether oxygens (including phenoxy) is 2. The van der Waals surface area contributed by atoms with Gasteiger partial charge in [-0.15, -0.1) is 0 Å². The molecule has 0 saturated heterocycles. The molecule has 0 fully saturated rings. The Balaban J connectivity index is 1.72. The van der Waals surface area contributed by atoms with Crippen LogP contribution in [0.4, 0.5) is 0 Å². The van der Waals surface area contributed by atoms with Crippen molar-refractivity contribution in [2.75, 3.05) is 19.8 Å². The van der Waals surface area contributed by atoms with Gasteiger partial charge >= 0.3 is 0 Å². The van der Waals surface area contributed by atoms with E-state index in [1.54, 1.807) is 24.3 Å². The first-order chi connectivity index (χ1) is 11.5. The van der Waals surface area contributed by atoms with Crippen LogP contribution in [-0.2, 0) is 10.0 Å². The number of fused-ring (bicyclic) bond motifs is 1. The van der Waals surface area contributed by atoms with Crippen LogP contribution in [-0.4, -0.2) is 34.0 Å². The lowest BCUT2D eigenvalue weighted by atomic mass is 10.1. The molecule has 2 aromatic carbocycles. The van der Waals surface area contributed by atoms with E-state index in [9.17, 15) is 13.2 Å². The maximum atomic E-state index is 12.3. The number of hydrogen-bond donors (Lipinski definition) is 1. The Kier molecular flexibility index (Phi) is 4.75. The summed E-state index contributed by atoms with van der Waals surface area (Å²) >= 11 is 5.76. The number of hydrogen-bond acceptors (Lipinski definition) is 5. The van der Waals surface area contributed by atoms with Crippen LogP contribution >= 0.6 is 11.6 Å². The van der Waals surface area contributed by atoms with Crippen molar-refractivity contribution in [2.45, 2.75) is 4.90 Å². The molecule has 0 radical (unpaired) electrons. The highest BCUT2D eigenvalue weighted by Gasteiger charge is 2.20. The number of halogens is 1. The zero-order chi connectivity index (χ0) is 17.2. The molecule has 24 heavy (non-hydrogen) atoms. The number of carbonyl (C=O) groups is 1. The molecular weight excluding hydrogens is 354 g/mol. The van der Waals surface area contributed by atoms with E-state index in [-0.39, 0.29) is 17.2 Å². The van der Waals surface area contributed by atoms with Gasteiger partial charge in [0.25, 0.3) is 0 Å². The van der Waals surface area contributed by atoms with Crippen LogP contribution in [0.15, 0.2) is 47.4 Å². The fourth-order valence-corrected chi connectivity index (χ4v) is 3.30. The van der Waals surface area contributed by atoms with Crippen LogP contribution in [0.1, 0.15) is 10.4 Å². The predicted molar refractivity (Wildman–Crippen MR) is 88.4 cm³/mol. The third-order valence-electron chi connectivity index (χ3n) is 3.41. The molecule has 126 valence electrons. The SMILES string of the molecule is O=C(CNS(=O)(=O)c1ccc2c(c1)OCCO2)c1ccc(Cl)cc1. The van der Waals surface area contributed by atoms with Crippen molar-refractivity contribution in [3.05, 3.63) is 53.1 Å². The highest BCUT2D eigenvalue weighted by Crippen LogP contribution is 2.32. The smallest absolute Gasteiger partial charge is 0.241 e. The first kappa shape index (κ1) is 16.8. The van der Waals surface area contributed by atoms with Gasteiger partial charge in [-0.1, -0.05) is 11.6 Å². The third-order valence-corrected chi connectivity index (χ3v) is 5.06. The van der Waals surface area contributed by atoms with E-state index < -0.39 is 10.0 Å². The highest BCUT2D eigenvalue weighted by molar-refractivity contribution is 7.89. The molecule has 0 unspecified atom stereocenters. The summed E-state index contributed by atoms with van der Waals surface area (Å²) in [6.07, 6.45) is 0. The minimum atomic E-state index is -3.84. The molecule has 0 aliphatic carbocycles. The highest BCUT2D eigenvalue weighted by atomic mass is 35.5. The van der Waals surface area contributed by atoms with Crippen LogP contribution in [0.25, 0.3) is 0 Å². The molecule has 8 heteroatoms. The van der Waals surface area contributed by atoms with E-state index in [2.05, 4.69) is 4.72 Å². The molecule has 1 heterocycles. The summed E-state index contributed by atoms with van der Waals surface area (Å²) < 4.78 is 37.7. The average Bonchev–Trinajstić information content (AvgIpc) is 2.60. The van der Waals surface area contributed by atoms with Crippen molar-refractivity contribution in [1.82, 2.24) is 4.72 Å².